The van der Waals surface area contributed by atoms with Gasteiger partial charge in [0, 0.05) is 25.3 Å². The molecule has 1 fully saturated rings. The van der Waals surface area contributed by atoms with Gasteiger partial charge in [-0.05, 0) is 18.3 Å². The van der Waals surface area contributed by atoms with Gasteiger partial charge < -0.3 is 9.80 Å². The van der Waals surface area contributed by atoms with E-state index in [0.29, 0.717) is 12.3 Å². The molecule has 0 radical (unpaired) electrons. The summed E-state index contributed by atoms with van der Waals surface area (Å²) in [5.41, 5.74) is -0.0372. The van der Waals surface area contributed by atoms with Crippen molar-refractivity contribution in [1.29, 1.82) is 0 Å². The van der Waals surface area contributed by atoms with Gasteiger partial charge in [-0.25, -0.2) is 0 Å². The standard InChI is InChI=1S/C16H30N2O2S/c1-6-8-17(9-7-2)15(20)13-11-21-12-18(13)14(19)10-16(3,4)5/h13H,6-12H2,1-5H3. The van der Waals surface area contributed by atoms with E-state index in [1.807, 2.05) is 4.90 Å². The van der Waals surface area contributed by atoms with Crippen LogP contribution in [-0.4, -0.2) is 52.4 Å². The van der Waals surface area contributed by atoms with E-state index in [2.05, 4.69) is 34.6 Å². The van der Waals surface area contributed by atoms with Crippen molar-refractivity contribution in [2.75, 3.05) is 24.7 Å². The molecule has 0 aromatic rings. The fourth-order valence-corrected chi connectivity index (χ4v) is 3.70. The van der Waals surface area contributed by atoms with Crippen LogP contribution in [0.4, 0.5) is 0 Å². The fourth-order valence-electron chi connectivity index (χ4n) is 2.53. The molecule has 0 aliphatic carbocycles. The zero-order chi connectivity index (χ0) is 16.0. The maximum absolute atomic E-state index is 12.7. The lowest BCUT2D eigenvalue weighted by Crippen LogP contribution is -2.49. The molecule has 0 aromatic carbocycles. The van der Waals surface area contributed by atoms with Gasteiger partial charge in [-0.2, -0.15) is 0 Å². The summed E-state index contributed by atoms with van der Waals surface area (Å²) in [6.45, 7) is 11.9. The quantitative estimate of drug-likeness (QED) is 0.757. The van der Waals surface area contributed by atoms with Crippen LogP contribution < -0.4 is 0 Å². The fraction of sp³-hybridized carbons (Fsp3) is 0.875. The van der Waals surface area contributed by atoms with Gasteiger partial charge in [0.05, 0.1) is 5.88 Å². The van der Waals surface area contributed by atoms with E-state index in [-0.39, 0.29) is 23.3 Å². The molecule has 1 unspecified atom stereocenters. The molecule has 0 spiro atoms. The van der Waals surface area contributed by atoms with Gasteiger partial charge in [-0.3, -0.25) is 9.59 Å². The number of thioether (sulfide) groups is 1. The van der Waals surface area contributed by atoms with E-state index < -0.39 is 0 Å². The van der Waals surface area contributed by atoms with Crippen molar-refractivity contribution in [1.82, 2.24) is 9.80 Å². The van der Waals surface area contributed by atoms with Gasteiger partial charge in [0.15, 0.2) is 0 Å². The average Bonchev–Trinajstić information content (AvgIpc) is 2.84. The normalized spacial score (nSPS) is 18.9. The molecule has 0 bridgehead atoms. The van der Waals surface area contributed by atoms with Crippen LogP contribution in [0.1, 0.15) is 53.9 Å². The summed E-state index contributed by atoms with van der Waals surface area (Å²) in [5.74, 6) is 1.63. The number of carbonyl (C=O) groups excluding carboxylic acids is 2. The summed E-state index contributed by atoms with van der Waals surface area (Å²) in [5, 5.41) is 0. The highest BCUT2D eigenvalue weighted by molar-refractivity contribution is 7.99. The predicted octanol–water partition coefficient (Wildman–Crippen LogP) is 2.97. The number of carbonyl (C=O) groups is 2. The molecular weight excluding hydrogens is 284 g/mol. The molecule has 5 heteroatoms. The number of rotatable bonds is 6. The molecule has 1 rings (SSSR count). The molecule has 0 aromatic heterocycles. The highest BCUT2D eigenvalue weighted by Gasteiger charge is 2.37. The van der Waals surface area contributed by atoms with Crippen LogP contribution in [0.25, 0.3) is 0 Å². The minimum Gasteiger partial charge on any atom is -0.341 e. The topological polar surface area (TPSA) is 40.6 Å². The molecule has 1 atom stereocenters. The Bertz CT molecular complexity index is 360. The second-order valence-corrected chi connectivity index (χ2v) is 7.94. The largest absolute Gasteiger partial charge is 0.341 e. The Kier molecular flexibility index (Phi) is 7.04. The van der Waals surface area contributed by atoms with E-state index >= 15 is 0 Å². The van der Waals surface area contributed by atoms with Gasteiger partial charge in [-0.15, -0.1) is 11.8 Å². The molecule has 1 heterocycles. The summed E-state index contributed by atoms with van der Waals surface area (Å²) in [4.78, 5) is 28.9. The van der Waals surface area contributed by atoms with Crippen molar-refractivity contribution < 1.29 is 9.59 Å². The monoisotopic (exact) mass is 314 g/mol. The predicted molar refractivity (Wildman–Crippen MR) is 89.2 cm³/mol. The third-order valence-corrected chi connectivity index (χ3v) is 4.48. The third kappa shape index (κ3) is 5.53. The van der Waals surface area contributed by atoms with E-state index in [1.54, 1.807) is 16.7 Å². The van der Waals surface area contributed by atoms with Crippen LogP contribution >= 0.6 is 11.8 Å². The van der Waals surface area contributed by atoms with E-state index in [1.165, 1.54) is 0 Å². The molecule has 0 saturated carbocycles. The SMILES string of the molecule is CCCN(CCC)C(=O)C1CSCN1C(=O)CC(C)(C)C. The maximum atomic E-state index is 12.7. The van der Waals surface area contributed by atoms with Crippen LogP contribution in [-0.2, 0) is 9.59 Å². The Morgan fingerprint density at radius 2 is 1.76 bits per heavy atom. The van der Waals surface area contributed by atoms with Crippen molar-refractivity contribution in [3.05, 3.63) is 0 Å². The first-order chi connectivity index (χ1) is 9.80. The second-order valence-electron chi connectivity index (χ2n) is 6.94. The summed E-state index contributed by atoms with van der Waals surface area (Å²) in [7, 11) is 0. The molecule has 1 aliphatic heterocycles. The van der Waals surface area contributed by atoms with Crippen molar-refractivity contribution in [2.45, 2.75) is 59.9 Å². The molecule has 2 amide bonds. The minimum absolute atomic E-state index is 0.0372. The molecule has 21 heavy (non-hydrogen) atoms. The van der Waals surface area contributed by atoms with E-state index in [4.69, 9.17) is 0 Å². The summed E-state index contributed by atoms with van der Waals surface area (Å²) in [6, 6.07) is -0.261. The number of nitrogens with zero attached hydrogens (tertiary/aromatic N) is 2. The van der Waals surface area contributed by atoms with Crippen molar-refractivity contribution in [3.8, 4) is 0 Å². The van der Waals surface area contributed by atoms with Crippen LogP contribution in [0, 0.1) is 5.41 Å². The van der Waals surface area contributed by atoms with E-state index in [9.17, 15) is 9.59 Å². The lowest BCUT2D eigenvalue weighted by molar-refractivity contribution is -0.144. The van der Waals surface area contributed by atoms with Gasteiger partial charge >= 0.3 is 0 Å². The summed E-state index contributed by atoms with van der Waals surface area (Å²) < 4.78 is 0. The third-order valence-electron chi connectivity index (χ3n) is 3.47. The molecule has 4 nitrogen and oxygen atoms in total. The van der Waals surface area contributed by atoms with Crippen LogP contribution in [0.5, 0.6) is 0 Å². The molecule has 0 N–H and O–H groups in total. The number of hydrogen-bond donors (Lipinski definition) is 0. The molecule has 122 valence electrons. The van der Waals surface area contributed by atoms with E-state index in [0.717, 1.165) is 31.7 Å². The highest BCUT2D eigenvalue weighted by atomic mass is 32.2. The van der Waals surface area contributed by atoms with Crippen LogP contribution in [0.2, 0.25) is 0 Å². The Morgan fingerprint density at radius 1 is 1.19 bits per heavy atom. The Balaban J connectivity index is 2.75. The first kappa shape index (κ1) is 18.3. The smallest absolute Gasteiger partial charge is 0.246 e. The molecular formula is C16H30N2O2S. The van der Waals surface area contributed by atoms with Crippen molar-refractivity contribution in [2.24, 2.45) is 5.41 Å². The summed E-state index contributed by atoms with van der Waals surface area (Å²) in [6.07, 6.45) is 2.42. The zero-order valence-corrected chi connectivity index (χ0v) is 15.0. The Hall–Kier alpha value is -0.710. The van der Waals surface area contributed by atoms with Gasteiger partial charge in [0.25, 0.3) is 0 Å². The van der Waals surface area contributed by atoms with Gasteiger partial charge in [0.2, 0.25) is 11.8 Å². The number of hydrogen-bond acceptors (Lipinski definition) is 3. The number of amides is 2. The highest BCUT2D eigenvalue weighted by Crippen LogP contribution is 2.27. The lowest BCUT2D eigenvalue weighted by Gasteiger charge is -2.31. The Labute approximate surface area is 133 Å². The minimum atomic E-state index is -0.261. The summed E-state index contributed by atoms with van der Waals surface area (Å²) >= 11 is 1.68. The Morgan fingerprint density at radius 3 is 2.24 bits per heavy atom. The molecule has 1 aliphatic rings. The molecule has 1 saturated heterocycles. The van der Waals surface area contributed by atoms with Gasteiger partial charge in [0.1, 0.15) is 6.04 Å². The average molecular weight is 314 g/mol. The van der Waals surface area contributed by atoms with Gasteiger partial charge in [-0.1, -0.05) is 34.6 Å². The van der Waals surface area contributed by atoms with Crippen molar-refractivity contribution >= 4 is 23.6 Å². The lowest BCUT2D eigenvalue weighted by atomic mass is 9.91. The van der Waals surface area contributed by atoms with Crippen molar-refractivity contribution in [3.63, 3.8) is 0 Å². The first-order valence-corrected chi connectivity index (χ1v) is 9.11. The van der Waals surface area contributed by atoms with Crippen LogP contribution in [0.15, 0.2) is 0 Å². The maximum Gasteiger partial charge on any atom is 0.246 e. The zero-order valence-electron chi connectivity index (χ0n) is 14.1. The second kappa shape index (κ2) is 8.06. The first-order valence-electron chi connectivity index (χ1n) is 7.96. The van der Waals surface area contributed by atoms with Crippen LogP contribution in [0.3, 0.4) is 0 Å².